The van der Waals surface area contributed by atoms with Gasteiger partial charge in [0.05, 0.1) is 11.9 Å². The number of amides is 2. The average molecular weight is 326 g/mol. The van der Waals surface area contributed by atoms with E-state index in [4.69, 9.17) is 5.73 Å². The molecule has 8 nitrogen and oxygen atoms in total. The first-order valence-electron chi connectivity index (χ1n) is 7.70. The summed E-state index contributed by atoms with van der Waals surface area (Å²) in [5, 5.41) is 2.91. The number of aromatic nitrogens is 3. The van der Waals surface area contributed by atoms with Crippen LogP contribution in [0.4, 0.5) is 5.82 Å². The first-order chi connectivity index (χ1) is 11.6. The number of piperidine rings is 1. The summed E-state index contributed by atoms with van der Waals surface area (Å²) in [5.41, 5.74) is 6.84. The molecule has 0 radical (unpaired) electrons. The first-order valence-corrected chi connectivity index (χ1v) is 7.70. The third-order valence-electron chi connectivity index (χ3n) is 3.99. The number of nitrogens with two attached hydrogens (primary N) is 1. The highest BCUT2D eigenvalue weighted by Gasteiger charge is 2.25. The molecule has 1 aliphatic heterocycles. The van der Waals surface area contributed by atoms with Gasteiger partial charge in [0.1, 0.15) is 11.0 Å². The minimum absolute atomic E-state index is 0.00249. The van der Waals surface area contributed by atoms with Crippen LogP contribution in [0.5, 0.6) is 0 Å². The minimum Gasteiger partial charge on any atom is -0.365 e. The van der Waals surface area contributed by atoms with Gasteiger partial charge in [-0.2, -0.15) is 0 Å². The van der Waals surface area contributed by atoms with E-state index in [0.717, 1.165) is 19.4 Å². The molecular formula is C16H18N6O2. The molecular weight excluding hydrogens is 308 g/mol. The largest absolute Gasteiger partial charge is 0.365 e. The molecule has 1 saturated heterocycles. The van der Waals surface area contributed by atoms with Gasteiger partial charge in [-0.05, 0) is 25.7 Å². The Labute approximate surface area is 138 Å². The van der Waals surface area contributed by atoms with E-state index in [2.05, 4.69) is 37.0 Å². The van der Waals surface area contributed by atoms with Crippen LogP contribution in [0.25, 0.3) is 11.0 Å². The van der Waals surface area contributed by atoms with Gasteiger partial charge >= 0.3 is 0 Å². The molecule has 0 spiro atoms. The van der Waals surface area contributed by atoms with E-state index in [1.807, 2.05) is 0 Å². The van der Waals surface area contributed by atoms with Crippen LogP contribution in [-0.2, 0) is 4.79 Å². The third kappa shape index (κ3) is 3.01. The number of aromatic amines is 1. The van der Waals surface area contributed by atoms with Crippen LogP contribution >= 0.6 is 0 Å². The molecule has 0 aromatic carbocycles. The highest BCUT2D eigenvalue weighted by molar-refractivity contribution is 6.06. The number of fused-ring (bicyclic) bond motifs is 1. The number of primary amides is 1. The van der Waals surface area contributed by atoms with Gasteiger partial charge in [-0.1, -0.05) is 5.92 Å². The fourth-order valence-electron chi connectivity index (χ4n) is 2.96. The predicted molar refractivity (Wildman–Crippen MR) is 89.2 cm³/mol. The molecule has 8 heteroatoms. The Kier molecular flexibility index (Phi) is 4.33. The van der Waals surface area contributed by atoms with Gasteiger partial charge < -0.3 is 20.9 Å². The molecule has 0 saturated carbocycles. The van der Waals surface area contributed by atoms with Crippen molar-refractivity contribution >= 4 is 28.7 Å². The molecule has 2 amide bonds. The number of anilines is 1. The minimum atomic E-state index is -0.562. The molecule has 124 valence electrons. The highest BCUT2D eigenvalue weighted by Crippen LogP contribution is 2.26. The van der Waals surface area contributed by atoms with Crippen LogP contribution in [0, 0.1) is 11.8 Å². The Morgan fingerprint density at radius 1 is 1.46 bits per heavy atom. The summed E-state index contributed by atoms with van der Waals surface area (Å²) in [6.07, 6.45) is 4.77. The lowest BCUT2D eigenvalue weighted by Gasteiger charge is -2.33. The molecule has 2 aromatic heterocycles. The predicted octanol–water partition coefficient (Wildman–Crippen LogP) is 0.165. The maximum atomic E-state index is 11.7. The quantitative estimate of drug-likeness (QED) is 0.695. The van der Waals surface area contributed by atoms with Crippen LogP contribution in [0.2, 0.25) is 0 Å². The Morgan fingerprint density at radius 3 is 3.04 bits per heavy atom. The van der Waals surface area contributed by atoms with Crippen LogP contribution in [0.3, 0.4) is 0 Å². The van der Waals surface area contributed by atoms with Gasteiger partial charge in [0.15, 0.2) is 5.82 Å². The Hall–Kier alpha value is -3.08. The molecule has 0 bridgehead atoms. The standard InChI is InChI=1S/C16H18N6O2/c1-2-4-12(23)21-10-5-3-6-22(8-10)16-14-13(19-9-20-14)11(7-18-16)15(17)24/h7,9-10H,3,5-6,8H2,1H3,(H2,17,24)(H,19,20)(H,21,23). The van der Waals surface area contributed by atoms with Gasteiger partial charge in [-0.15, -0.1) is 0 Å². The Bertz CT molecular complexity index is 847. The molecule has 1 fully saturated rings. The van der Waals surface area contributed by atoms with Crippen molar-refractivity contribution in [2.24, 2.45) is 5.73 Å². The third-order valence-corrected chi connectivity index (χ3v) is 3.99. The summed E-state index contributed by atoms with van der Waals surface area (Å²) in [4.78, 5) is 36.8. The van der Waals surface area contributed by atoms with Crippen molar-refractivity contribution in [3.63, 3.8) is 0 Å². The maximum Gasteiger partial charge on any atom is 0.296 e. The fraction of sp³-hybridized carbons (Fsp3) is 0.375. The second-order valence-corrected chi connectivity index (χ2v) is 5.62. The smallest absolute Gasteiger partial charge is 0.296 e. The number of nitrogens with zero attached hydrogens (tertiary/aromatic N) is 3. The Balaban J connectivity index is 1.86. The maximum absolute atomic E-state index is 11.7. The summed E-state index contributed by atoms with van der Waals surface area (Å²) in [6, 6.07) is 0.00249. The van der Waals surface area contributed by atoms with E-state index >= 15 is 0 Å². The van der Waals surface area contributed by atoms with E-state index in [0.29, 0.717) is 23.4 Å². The molecule has 4 N–H and O–H groups in total. The monoisotopic (exact) mass is 326 g/mol. The number of H-pyrrole nitrogens is 1. The number of carbonyl (C=O) groups is 2. The molecule has 3 heterocycles. The zero-order valence-electron chi connectivity index (χ0n) is 13.3. The first kappa shape index (κ1) is 15.8. The molecule has 1 atom stereocenters. The molecule has 24 heavy (non-hydrogen) atoms. The van der Waals surface area contributed by atoms with Crippen molar-refractivity contribution < 1.29 is 9.59 Å². The summed E-state index contributed by atoms with van der Waals surface area (Å²) in [5.74, 6) is 4.95. The van der Waals surface area contributed by atoms with Crippen molar-refractivity contribution in [1.29, 1.82) is 0 Å². The van der Waals surface area contributed by atoms with Crippen molar-refractivity contribution in [3.05, 3.63) is 18.1 Å². The van der Waals surface area contributed by atoms with Crippen molar-refractivity contribution in [3.8, 4) is 11.8 Å². The van der Waals surface area contributed by atoms with Crippen molar-refractivity contribution in [1.82, 2.24) is 20.3 Å². The van der Waals surface area contributed by atoms with Crippen molar-refractivity contribution in [2.45, 2.75) is 25.8 Å². The number of rotatable bonds is 3. The normalized spacial score (nSPS) is 17.2. The molecule has 2 aromatic rings. The van der Waals surface area contributed by atoms with Crippen LogP contribution < -0.4 is 16.0 Å². The van der Waals surface area contributed by atoms with Gasteiger partial charge in [0, 0.05) is 25.3 Å². The van der Waals surface area contributed by atoms with E-state index in [9.17, 15) is 9.59 Å². The molecule has 1 unspecified atom stereocenters. The number of pyridine rings is 1. The van der Waals surface area contributed by atoms with Gasteiger partial charge in [-0.25, -0.2) is 9.97 Å². The number of hydrogen-bond acceptors (Lipinski definition) is 5. The van der Waals surface area contributed by atoms with Gasteiger partial charge in [0.25, 0.3) is 11.8 Å². The summed E-state index contributed by atoms with van der Waals surface area (Å²) in [7, 11) is 0. The summed E-state index contributed by atoms with van der Waals surface area (Å²) < 4.78 is 0. The SMILES string of the molecule is CC#CC(=O)NC1CCCN(c2ncc(C(N)=O)c3nc[nH]c23)C1. The second kappa shape index (κ2) is 6.58. The van der Waals surface area contributed by atoms with Crippen LogP contribution in [-0.4, -0.2) is 45.9 Å². The molecule has 1 aliphatic rings. The second-order valence-electron chi connectivity index (χ2n) is 5.62. The lowest BCUT2D eigenvalue weighted by molar-refractivity contribution is -0.116. The van der Waals surface area contributed by atoms with E-state index in [1.165, 1.54) is 12.5 Å². The molecule has 0 aliphatic carbocycles. The number of carbonyl (C=O) groups excluding carboxylic acids is 2. The summed E-state index contributed by atoms with van der Waals surface area (Å²) >= 11 is 0. The zero-order valence-corrected chi connectivity index (χ0v) is 13.3. The van der Waals surface area contributed by atoms with E-state index < -0.39 is 5.91 Å². The lowest BCUT2D eigenvalue weighted by Crippen LogP contribution is -2.47. The van der Waals surface area contributed by atoms with Gasteiger partial charge in [-0.3, -0.25) is 9.59 Å². The topological polar surface area (TPSA) is 117 Å². The average Bonchev–Trinajstić information content (AvgIpc) is 3.03. The highest BCUT2D eigenvalue weighted by atomic mass is 16.1. The Morgan fingerprint density at radius 2 is 2.29 bits per heavy atom. The van der Waals surface area contributed by atoms with E-state index in [-0.39, 0.29) is 17.5 Å². The molecule has 3 rings (SSSR count). The number of imidazole rings is 1. The number of nitrogens with one attached hydrogen (secondary N) is 2. The summed E-state index contributed by atoms with van der Waals surface area (Å²) in [6.45, 7) is 3.06. The van der Waals surface area contributed by atoms with E-state index in [1.54, 1.807) is 6.92 Å². The number of hydrogen-bond donors (Lipinski definition) is 3. The van der Waals surface area contributed by atoms with Crippen molar-refractivity contribution in [2.75, 3.05) is 18.0 Å². The zero-order chi connectivity index (χ0) is 17.1. The lowest BCUT2D eigenvalue weighted by atomic mass is 10.1. The van der Waals surface area contributed by atoms with Crippen LogP contribution in [0.1, 0.15) is 30.1 Å². The fourth-order valence-corrected chi connectivity index (χ4v) is 2.96. The van der Waals surface area contributed by atoms with Crippen LogP contribution in [0.15, 0.2) is 12.5 Å². The van der Waals surface area contributed by atoms with Gasteiger partial charge in [0.2, 0.25) is 0 Å².